The third-order valence-corrected chi connectivity index (χ3v) is 3.23. The molecule has 2 heterocycles. The number of likely N-dealkylation sites (tertiary alicyclic amines) is 1. The first-order valence-corrected chi connectivity index (χ1v) is 5.71. The summed E-state index contributed by atoms with van der Waals surface area (Å²) in [6, 6.07) is 0. The first-order chi connectivity index (χ1) is 6.25. The molecule has 0 aromatic rings. The summed E-state index contributed by atoms with van der Waals surface area (Å²) in [5.74, 6) is 0.261. The van der Waals surface area contributed by atoms with Crippen LogP contribution in [0.4, 0.5) is 0 Å². The number of ether oxygens (including phenoxy) is 1. The lowest BCUT2D eigenvalue weighted by Gasteiger charge is -2.19. The van der Waals surface area contributed by atoms with Crippen molar-refractivity contribution >= 4 is 21.8 Å². The van der Waals surface area contributed by atoms with Crippen LogP contribution < -0.4 is 0 Å². The second kappa shape index (κ2) is 3.96. The highest BCUT2D eigenvalue weighted by Gasteiger charge is 2.30. The zero-order chi connectivity index (χ0) is 9.26. The van der Waals surface area contributed by atoms with Gasteiger partial charge in [-0.15, -0.1) is 0 Å². The Morgan fingerprint density at radius 1 is 1.62 bits per heavy atom. The molecular formula is C9H14BrNO2. The van der Waals surface area contributed by atoms with E-state index in [4.69, 9.17) is 4.74 Å². The monoisotopic (exact) mass is 247 g/mol. The molecule has 2 atom stereocenters. The molecule has 74 valence electrons. The van der Waals surface area contributed by atoms with Crippen molar-refractivity contribution in [1.29, 1.82) is 0 Å². The van der Waals surface area contributed by atoms with Crippen LogP contribution in [-0.2, 0) is 9.53 Å². The zero-order valence-electron chi connectivity index (χ0n) is 7.54. The van der Waals surface area contributed by atoms with Crippen LogP contribution in [0.5, 0.6) is 0 Å². The third-order valence-electron chi connectivity index (χ3n) is 2.62. The first kappa shape index (κ1) is 9.46. The lowest BCUT2D eigenvalue weighted by Crippen LogP contribution is -2.33. The number of amides is 1. The van der Waals surface area contributed by atoms with Crippen molar-refractivity contribution in [3.05, 3.63) is 0 Å². The standard InChI is InChI=1S/C9H14BrNO2/c10-7-4-9(12)11(5-7)6-8-2-1-3-13-8/h7-8H,1-6H2. The quantitative estimate of drug-likeness (QED) is 0.686. The fourth-order valence-corrected chi connectivity index (χ4v) is 2.56. The molecule has 0 spiro atoms. The molecular weight excluding hydrogens is 234 g/mol. The topological polar surface area (TPSA) is 29.5 Å². The van der Waals surface area contributed by atoms with Crippen molar-refractivity contribution in [2.75, 3.05) is 19.7 Å². The maximum Gasteiger partial charge on any atom is 0.223 e. The van der Waals surface area contributed by atoms with Gasteiger partial charge in [-0.2, -0.15) is 0 Å². The average Bonchev–Trinajstić information content (AvgIpc) is 2.63. The largest absolute Gasteiger partial charge is 0.376 e. The van der Waals surface area contributed by atoms with E-state index in [0.29, 0.717) is 17.4 Å². The van der Waals surface area contributed by atoms with Gasteiger partial charge in [-0.25, -0.2) is 0 Å². The van der Waals surface area contributed by atoms with Gasteiger partial charge >= 0.3 is 0 Å². The van der Waals surface area contributed by atoms with E-state index in [2.05, 4.69) is 15.9 Å². The van der Waals surface area contributed by atoms with Crippen LogP contribution >= 0.6 is 15.9 Å². The third kappa shape index (κ3) is 2.23. The van der Waals surface area contributed by atoms with Gasteiger partial charge in [0.2, 0.25) is 5.91 Å². The summed E-state index contributed by atoms with van der Waals surface area (Å²) in [6.07, 6.45) is 3.19. The van der Waals surface area contributed by atoms with Gasteiger partial charge in [-0.05, 0) is 12.8 Å². The molecule has 2 fully saturated rings. The normalized spacial score (nSPS) is 34.5. The predicted octanol–water partition coefficient (Wildman–Crippen LogP) is 1.16. The molecule has 2 unspecified atom stereocenters. The van der Waals surface area contributed by atoms with Gasteiger partial charge in [0.15, 0.2) is 0 Å². The van der Waals surface area contributed by atoms with Gasteiger partial charge in [0.05, 0.1) is 6.10 Å². The SMILES string of the molecule is O=C1CC(Br)CN1CC1CCCO1. The summed E-state index contributed by atoms with van der Waals surface area (Å²) in [6.45, 7) is 2.50. The van der Waals surface area contributed by atoms with Gasteiger partial charge in [-0.3, -0.25) is 4.79 Å². The minimum atomic E-state index is 0.261. The van der Waals surface area contributed by atoms with Crippen LogP contribution in [0.15, 0.2) is 0 Å². The van der Waals surface area contributed by atoms with Crippen molar-refractivity contribution in [1.82, 2.24) is 4.90 Å². The van der Waals surface area contributed by atoms with Gasteiger partial charge in [-0.1, -0.05) is 15.9 Å². The summed E-state index contributed by atoms with van der Waals surface area (Å²) in [5, 5.41) is 0. The Morgan fingerprint density at radius 3 is 3.00 bits per heavy atom. The summed E-state index contributed by atoms with van der Waals surface area (Å²) < 4.78 is 5.49. The molecule has 13 heavy (non-hydrogen) atoms. The van der Waals surface area contributed by atoms with Gasteiger partial charge < -0.3 is 9.64 Å². The molecule has 2 rings (SSSR count). The molecule has 4 heteroatoms. The zero-order valence-corrected chi connectivity index (χ0v) is 9.13. The molecule has 3 nitrogen and oxygen atoms in total. The molecule has 2 aliphatic heterocycles. The van der Waals surface area contributed by atoms with E-state index in [-0.39, 0.29) is 5.91 Å². The van der Waals surface area contributed by atoms with Crippen molar-refractivity contribution in [2.45, 2.75) is 30.2 Å². The van der Waals surface area contributed by atoms with Crippen molar-refractivity contribution in [3.8, 4) is 0 Å². The van der Waals surface area contributed by atoms with E-state index < -0.39 is 0 Å². The van der Waals surface area contributed by atoms with Gasteiger partial charge in [0, 0.05) is 30.9 Å². The lowest BCUT2D eigenvalue weighted by molar-refractivity contribution is -0.129. The molecule has 0 N–H and O–H groups in total. The molecule has 0 saturated carbocycles. The molecule has 1 amide bonds. The highest BCUT2D eigenvalue weighted by atomic mass is 79.9. The predicted molar refractivity (Wildman–Crippen MR) is 52.9 cm³/mol. The highest BCUT2D eigenvalue weighted by Crippen LogP contribution is 2.21. The molecule has 2 aliphatic rings. The van der Waals surface area contributed by atoms with Crippen LogP contribution in [-0.4, -0.2) is 41.4 Å². The summed E-state index contributed by atoms with van der Waals surface area (Å²) in [4.78, 5) is 13.7. The number of hydrogen-bond acceptors (Lipinski definition) is 2. The van der Waals surface area contributed by atoms with Gasteiger partial charge in [0.25, 0.3) is 0 Å². The van der Waals surface area contributed by atoms with Crippen LogP contribution in [0.2, 0.25) is 0 Å². The Bertz CT molecular complexity index is 204. The number of rotatable bonds is 2. The summed E-state index contributed by atoms with van der Waals surface area (Å²) >= 11 is 3.47. The number of carbonyl (C=O) groups is 1. The maximum atomic E-state index is 11.4. The Morgan fingerprint density at radius 2 is 2.46 bits per heavy atom. The van der Waals surface area contributed by atoms with Gasteiger partial charge in [0.1, 0.15) is 0 Å². The molecule has 0 aromatic carbocycles. The summed E-state index contributed by atoms with van der Waals surface area (Å²) in [7, 11) is 0. The lowest BCUT2D eigenvalue weighted by atomic mass is 10.2. The Balaban J connectivity index is 1.83. The van der Waals surface area contributed by atoms with Crippen molar-refractivity contribution in [2.24, 2.45) is 0 Å². The fourth-order valence-electron chi connectivity index (χ4n) is 1.93. The van der Waals surface area contributed by atoms with E-state index in [0.717, 1.165) is 32.5 Å². The Labute approximate surface area is 86.5 Å². The smallest absolute Gasteiger partial charge is 0.223 e. The van der Waals surface area contributed by atoms with Crippen molar-refractivity contribution in [3.63, 3.8) is 0 Å². The highest BCUT2D eigenvalue weighted by molar-refractivity contribution is 9.09. The second-order valence-corrected chi connectivity index (χ2v) is 5.03. The van der Waals surface area contributed by atoms with Crippen LogP contribution in [0.1, 0.15) is 19.3 Å². The number of nitrogens with zero attached hydrogens (tertiary/aromatic N) is 1. The van der Waals surface area contributed by atoms with E-state index in [1.807, 2.05) is 4.90 Å². The molecule has 0 aromatic heterocycles. The van der Waals surface area contributed by atoms with E-state index >= 15 is 0 Å². The molecule has 0 aliphatic carbocycles. The number of carbonyl (C=O) groups excluding carboxylic acids is 1. The van der Waals surface area contributed by atoms with E-state index in [1.54, 1.807) is 0 Å². The number of alkyl halides is 1. The van der Waals surface area contributed by atoms with E-state index in [9.17, 15) is 4.79 Å². The minimum Gasteiger partial charge on any atom is -0.376 e. The Kier molecular flexibility index (Phi) is 2.89. The maximum absolute atomic E-state index is 11.4. The second-order valence-electron chi connectivity index (χ2n) is 3.74. The average molecular weight is 248 g/mol. The Hall–Kier alpha value is -0.0900. The van der Waals surface area contributed by atoms with E-state index in [1.165, 1.54) is 0 Å². The first-order valence-electron chi connectivity index (χ1n) is 4.79. The number of halogens is 1. The van der Waals surface area contributed by atoms with Crippen LogP contribution in [0, 0.1) is 0 Å². The number of hydrogen-bond donors (Lipinski definition) is 0. The summed E-state index contributed by atoms with van der Waals surface area (Å²) in [5.41, 5.74) is 0. The van der Waals surface area contributed by atoms with Crippen LogP contribution in [0.3, 0.4) is 0 Å². The fraction of sp³-hybridized carbons (Fsp3) is 0.889. The van der Waals surface area contributed by atoms with Crippen molar-refractivity contribution < 1.29 is 9.53 Å². The molecule has 0 bridgehead atoms. The minimum absolute atomic E-state index is 0.261. The van der Waals surface area contributed by atoms with Crippen LogP contribution in [0.25, 0.3) is 0 Å². The molecule has 0 radical (unpaired) electrons. The molecule has 2 saturated heterocycles.